The van der Waals surface area contributed by atoms with E-state index in [0.29, 0.717) is 12.1 Å². The summed E-state index contributed by atoms with van der Waals surface area (Å²) in [6.07, 6.45) is 0. The Morgan fingerprint density at radius 1 is 1.20 bits per heavy atom. The first-order valence-corrected chi connectivity index (χ1v) is 6.88. The van der Waals surface area contributed by atoms with Crippen LogP contribution in [0.25, 0.3) is 0 Å². The first kappa shape index (κ1) is 14.8. The lowest BCUT2D eigenvalue weighted by Crippen LogP contribution is -2.07. The Labute approximate surface area is 124 Å². The molecule has 0 aliphatic rings. The Balaban J connectivity index is 2.16. The van der Waals surface area contributed by atoms with Crippen molar-refractivity contribution in [2.24, 2.45) is 0 Å². The number of hydrogen-bond donors (Lipinski definition) is 1. The van der Waals surface area contributed by atoms with E-state index in [-0.39, 0.29) is 5.75 Å². The molecule has 0 aromatic heterocycles. The van der Waals surface area contributed by atoms with Crippen LogP contribution in [-0.2, 0) is 6.54 Å². The molecule has 2 aromatic rings. The van der Waals surface area contributed by atoms with Gasteiger partial charge in [-0.1, -0.05) is 34.1 Å². The third-order valence-electron chi connectivity index (χ3n) is 2.85. The van der Waals surface area contributed by atoms with Gasteiger partial charge in [0.15, 0.2) is 0 Å². The van der Waals surface area contributed by atoms with Crippen molar-refractivity contribution in [2.75, 3.05) is 5.32 Å². The van der Waals surface area contributed by atoms with Gasteiger partial charge in [-0.05, 0) is 36.8 Å². The van der Waals surface area contributed by atoms with Gasteiger partial charge in [0.1, 0.15) is 5.75 Å². The van der Waals surface area contributed by atoms with Crippen molar-refractivity contribution < 1.29 is 13.5 Å². The van der Waals surface area contributed by atoms with E-state index in [2.05, 4.69) is 26.0 Å². The number of rotatable bonds is 5. The summed E-state index contributed by atoms with van der Waals surface area (Å²) < 4.78 is 30.1. The van der Waals surface area contributed by atoms with Crippen molar-refractivity contribution in [3.63, 3.8) is 0 Å². The fourth-order valence-electron chi connectivity index (χ4n) is 1.86. The van der Waals surface area contributed by atoms with Crippen LogP contribution in [-0.4, -0.2) is 6.61 Å². The molecule has 0 radical (unpaired) electrons. The van der Waals surface area contributed by atoms with Crippen LogP contribution in [0.4, 0.5) is 14.5 Å². The van der Waals surface area contributed by atoms with E-state index >= 15 is 0 Å². The number of benzene rings is 2. The maximum absolute atomic E-state index is 12.4. The van der Waals surface area contributed by atoms with Gasteiger partial charge in [-0.3, -0.25) is 0 Å². The van der Waals surface area contributed by atoms with E-state index < -0.39 is 6.61 Å². The van der Waals surface area contributed by atoms with Crippen molar-refractivity contribution in [1.82, 2.24) is 0 Å². The predicted molar refractivity (Wildman–Crippen MR) is 79.3 cm³/mol. The van der Waals surface area contributed by atoms with Crippen LogP contribution in [0.2, 0.25) is 0 Å². The number of ether oxygens (including phenoxy) is 1. The average Bonchev–Trinajstić information content (AvgIpc) is 2.40. The number of anilines is 1. The fraction of sp³-hybridized carbons (Fsp3) is 0.200. The minimum absolute atomic E-state index is 0.185. The van der Waals surface area contributed by atoms with Crippen molar-refractivity contribution in [3.8, 4) is 5.75 Å². The maximum Gasteiger partial charge on any atom is 0.387 e. The van der Waals surface area contributed by atoms with Crippen LogP contribution in [0, 0.1) is 6.92 Å². The van der Waals surface area contributed by atoms with Gasteiger partial charge >= 0.3 is 6.61 Å². The summed E-state index contributed by atoms with van der Waals surface area (Å²) in [7, 11) is 0. The standard InChI is InChI=1S/C15H14BrF2NO/c1-10-4-2-3-5-13(10)19-9-11-8-12(16)6-7-14(11)20-15(17)18/h2-8,15,19H,9H2,1H3. The molecule has 0 aliphatic heterocycles. The Hall–Kier alpha value is -1.62. The average molecular weight is 342 g/mol. The molecule has 0 bridgehead atoms. The van der Waals surface area contributed by atoms with Crippen LogP contribution < -0.4 is 10.1 Å². The highest BCUT2D eigenvalue weighted by molar-refractivity contribution is 9.10. The van der Waals surface area contributed by atoms with Crippen LogP contribution >= 0.6 is 15.9 Å². The second kappa shape index (κ2) is 6.70. The molecule has 0 atom stereocenters. The molecule has 0 amide bonds. The van der Waals surface area contributed by atoms with Crippen LogP contribution in [0.1, 0.15) is 11.1 Å². The molecule has 2 aromatic carbocycles. The van der Waals surface area contributed by atoms with E-state index in [4.69, 9.17) is 0 Å². The number of hydrogen-bond acceptors (Lipinski definition) is 2. The molecule has 2 nitrogen and oxygen atoms in total. The second-order valence-electron chi connectivity index (χ2n) is 4.30. The van der Waals surface area contributed by atoms with Gasteiger partial charge in [-0.2, -0.15) is 8.78 Å². The number of aryl methyl sites for hydroxylation is 1. The SMILES string of the molecule is Cc1ccccc1NCc1cc(Br)ccc1OC(F)F. The smallest absolute Gasteiger partial charge is 0.387 e. The molecule has 0 spiro atoms. The third-order valence-corrected chi connectivity index (χ3v) is 3.35. The van der Waals surface area contributed by atoms with Crippen molar-refractivity contribution in [3.05, 3.63) is 58.1 Å². The molecule has 0 unspecified atom stereocenters. The quantitative estimate of drug-likeness (QED) is 0.828. The van der Waals surface area contributed by atoms with E-state index in [0.717, 1.165) is 15.7 Å². The van der Waals surface area contributed by atoms with Crippen molar-refractivity contribution in [1.29, 1.82) is 0 Å². The predicted octanol–water partition coefficient (Wildman–Crippen LogP) is 4.97. The van der Waals surface area contributed by atoms with Gasteiger partial charge < -0.3 is 10.1 Å². The van der Waals surface area contributed by atoms with Gasteiger partial charge in [0, 0.05) is 22.3 Å². The van der Waals surface area contributed by atoms with Gasteiger partial charge in [-0.15, -0.1) is 0 Å². The number of alkyl halides is 2. The topological polar surface area (TPSA) is 21.3 Å². The Morgan fingerprint density at radius 3 is 2.65 bits per heavy atom. The van der Waals surface area contributed by atoms with E-state index in [1.54, 1.807) is 12.1 Å². The maximum atomic E-state index is 12.4. The first-order chi connectivity index (χ1) is 9.56. The Morgan fingerprint density at radius 2 is 1.95 bits per heavy atom. The van der Waals surface area contributed by atoms with E-state index in [1.807, 2.05) is 31.2 Å². The lowest BCUT2D eigenvalue weighted by Gasteiger charge is -2.14. The number of para-hydroxylation sites is 1. The second-order valence-corrected chi connectivity index (χ2v) is 5.21. The molecule has 0 fully saturated rings. The summed E-state index contributed by atoms with van der Waals surface area (Å²) in [4.78, 5) is 0. The highest BCUT2D eigenvalue weighted by Gasteiger charge is 2.10. The van der Waals surface area contributed by atoms with E-state index in [9.17, 15) is 8.78 Å². The van der Waals surface area contributed by atoms with Gasteiger partial charge in [0.05, 0.1) is 0 Å². The summed E-state index contributed by atoms with van der Waals surface area (Å²) in [6.45, 7) is -0.431. The van der Waals surface area contributed by atoms with Crippen molar-refractivity contribution in [2.45, 2.75) is 20.1 Å². The molecule has 2 rings (SSSR count). The Kier molecular flexibility index (Phi) is 4.95. The Bertz CT molecular complexity index is 590. The number of halogens is 3. The van der Waals surface area contributed by atoms with Crippen LogP contribution in [0.5, 0.6) is 5.75 Å². The minimum Gasteiger partial charge on any atom is -0.434 e. The highest BCUT2D eigenvalue weighted by atomic mass is 79.9. The third kappa shape index (κ3) is 3.93. The van der Waals surface area contributed by atoms with Gasteiger partial charge in [0.2, 0.25) is 0 Å². The van der Waals surface area contributed by atoms with Crippen molar-refractivity contribution >= 4 is 21.6 Å². The molecule has 0 saturated heterocycles. The molecule has 5 heteroatoms. The monoisotopic (exact) mass is 341 g/mol. The zero-order chi connectivity index (χ0) is 14.5. The molecular formula is C15H14BrF2NO. The summed E-state index contributed by atoms with van der Waals surface area (Å²) >= 11 is 3.33. The molecular weight excluding hydrogens is 328 g/mol. The largest absolute Gasteiger partial charge is 0.434 e. The molecule has 20 heavy (non-hydrogen) atoms. The molecule has 0 saturated carbocycles. The lowest BCUT2D eigenvalue weighted by atomic mass is 10.1. The fourth-order valence-corrected chi connectivity index (χ4v) is 2.27. The summed E-state index contributed by atoms with van der Waals surface area (Å²) in [5, 5.41) is 3.22. The molecule has 0 aliphatic carbocycles. The lowest BCUT2D eigenvalue weighted by molar-refractivity contribution is -0.0504. The summed E-state index contributed by atoms with van der Waals surface area (Å²) in [6, 6.07) is 12.8. The van der Waals surface area contributed by atoms with Gasteiger partial charge in [-0.25, -0.2) is 0 Å². The van der Waals surface area contributed by atoms with E-state index in [1.165, 1.54) is 6.07 Å². The minimum atomic E-state index is -2.83. The highest BCUT2D eigenvalue weighted by Crippen LogP contribution is 2.26. The first-order valence-electron chi connectivity index (χ1n) is 6.09. The molecule has 1 N–H and O–H groups in total. The normalized spacial score (nSPS) is 10.7. The number of nitrogens with one attached hydrogen (secondary N) is 1. The zero-order valence-electron chi connectivity index (χ0n) is 10.9. The van der Waals surface area contributed by atoms with Crippen LogP contribution in [0.15, 0.2) is 46.9 Å². The molecule has 106 valence electrons. The van der Waals surface area contributed by atoms with Gasteiger partial charge in [0.25, 0.3) is 0 Å². The zero-order valence-corrected chi connectivity index (χ0v) is 12.5. The molecule has 0 heterocycles. The summed E-state index contributed by atoms with van der Waals surface area (Å²) in [5.74, 6) is 0.185. The summed E-state index contributed by atoms with van der Waals surface area (Å²) in [5.41, 5.74) is 2.73. The van der Waals surface area contributed by atoms with Crippen LogP contribution in [0.3, 0.4) is 0 Å².